The standard InChI is InChI=1S/C24H35N3O5/c1-14-20(25-32-21(14)22-16(3)31-24(4,5)13-30-22)19(28)12-18-15(2)26(6)27(23(18)29)17-10-8-7-9-11-17/h16-17,22H,7-13H2,1-6H3/t16-,22+/m0/s1. The average Bonchev–Trinajstić information content (AvgIpc) is 3.21. The van der Waals surface area contributed by atoms with Crippen LogP contribution in [0.2, 0.25) is 0 Å². The minimum atomic E-state index is -0.418. The number of rotatable bonds is 5. The third kappa shape index (κ3) is 4.10. The molecule has 2 fully saturated rings. The first-order valence-electron chi connectivity index (χ1n) is 11.7. The van der Waals surface area contributed by atoms with Gasteiger partial charge in [-0.05, 0) is 47.5 Å². The van der Waals surface area contributed by atoms with E-state index in [0.29, 0.717) is 23.5 Å². The van der Waals surface area contributed by atoms with Crippen molar-refractivity contribution in [3.8, 4) is 0 Å². The number of nitrogens with zero attached hydrogens (tertiary/aromatic N) is 3. The maximum absolute atomic E-state index is 13.2. The van der Waals surface area contributed by atoms with Gasteiger partial charge in [-0.15, -0.1) is 0 Å². The minimum absolute atomic E-state index is 0.00957. The van der Waals surface area contributed by atoms with Crippen LogP contribution < -0.4 is 5.56 Å². The molecule has 2 aromatic heterocycles. The van der Waals surface area contributed by atoms with Crippen LogP contribution in [0.1, 0.15) is 98.1 Å². The molecule has 1 saturated carbocycles. The quantitative estimate of drug-likeness (QED) is 0.647. The molecule has 2 aromatic rings. The van der Waals surface area contributed by atoms with E-state index in [4.69, 9.17) is 14.0 Å². The van der Waals surface area contributed by atoms with Crippen LogP contribution >= 0.6 is 0 Å². The molecule has 0 radical (unpaired) electrons. The molecule has 1 saturated heterocycles. The van der Waals surface area contributed by atoms with Crippen LogP contribution in [0.3, 0.4) is 0 Å². The van der Waals surface area contributed by atoms with Gasteiger partial charge < -0.3 is 14.0 Å². The summed E-state index contributed by atoms with van der Waals surface area (Å²) in [6, 6.07) is 0.207. The second-order valence-corrected chi connectivity index (χ2v) is 9.96. The highest BCUT2D eigenvalue weighted by Crippen LogP contribution is 2.35. The molecule has 8 heteroatoms. The smallest absolute Gasteiger partial charge is 0.270 e. The monoisotopic (exact) mass is 445 g/mol. The summed E-state index contributed by atoms with van der Waals surface area (Å²) in [5.74, 6) is 0.296. The van der Waals surface area contributed by atoms with E-state index in [9.17, 15) is 9.59 Å². The fourth-order valence-corrected chi connectivity index (χ4v) is 5.16. The normalized spacial score (nSPS) is 24.1. The second kappa shape index (κ2) is 8.63. The van der Waals surface area contributed by atoms with Crippen LogP contribution in [0.25, 0.3) is 0 Å². The summed E-state index contributed by atoms with van der Waals surface area (Å²) in [6.07, 6.45) is 4.88. The summed E-state index contributed by atoms with van der Waals surface area (Å²) in [7, 11) is 1.90. The number of aromatic nitrogens is 3. The Morgan fingerprint density at radius 3 is 2.53 bits per heavy atom. The molecule has 3 heterocycles. The highest BCUT2D eigenvalue weighted by molar-refractivity contribution is 5.97. The lowest BCUT2D eigenvalue weighted by Gasteiger charge is -2.38. The lowest BCUT2D eigenvalue weighted by atomic mass is 9.95. The van der Waals surface area contributed by atoms with Crippen molar-refractivity contribution in [1.82, 2.24) is 14.5 Å². The third-order valence-electron chi connectivity index (χ3n) is 6.99. The van der Waals surface area contributed by atoms with E-state index in [1.165, 1.54) is 6.42 Å². The Morgan fingerprint density at radius 2 is 1.88 bits per heavy atom. The Balaban J connectivity index is 1.56. The van der Waals surface area contributed by atoms with Gasteiger partial charge >= 0.3 is 0 Å². The number of carbonyl (C=O) groups is 1. The summed E-state index contributed by atoms with van der Waals surface area (Å²) in [5, 5.41) is 4.06. The first-order valence-corrected chi connectivity index (χ1v) is 11.7. The largest absolute Gasteiger partial charge is 0.367 e. The summed E-state index contributed by atoms with van der Waals surface area (Å²) in [6.45, 7) is 10.0. The van der Waals surface area contributed by atoms with E-state index in [1.807, 2.05) is 51.0 Å². The molecule has 0 amide bonds. The number of carbonyl (C=O) groups excluding carboxylic acids is 1. The Kier molecular flexibility index (Phi) is 6.20. The van der Waals surface area contributed by atoms with Crippen molar-refractivity contribution in [1.29, 1.82) is 0 Å². The van der Waals surface area contributed by atoms with Crippen LogP contribution in [0.15, 0.2) is 9.32 Å². The molecule has 0 unspecified atom stereocenters. The Bertz CT molecular complexity index is 1050. The van der Waals surface area contributed by atoms with E-state index in [1.54, 1.807) is 0 Å². The molecule has 8 nitrogen and oxygen atoms in total. The van der Waals surface area contributed by atoms with Gasteiger partial charge in [0.25, 0.3) is 5.56 Å². The predicted molar refractivity (Wildman–Crippen MR) is 119 cm³/mol. The van der Waals surface area contributed by atoms with Gasteiger partial charge in [0, 0.05) is 30.3 Å². The van der Waals surface area contributed by atoms with Gasteiger partial charge in [-0.1, -0.05) is 24.4 Å². The van der Waals surface area contributed by atoms with Gasteiger partial charge in [0.2, 0.25) is 0 Å². The first-order chi connectivity index (χ1) is 15.1. The SMILES string of the molecule is Cc1c(C(=O)Cc2c(C)n(C)n(C3CCCCC3)c2=O)noc1[C@@H]1OCC(C)(C)O[C@H]1C. The number of hydrogen-bond donors (Lipinski definition) is 0. The fourth-order valence-electron chi connectivity index (χ4n) is 5.16. The average molecular weight is 446 g/mol. The molecule has 4 rings (SSSR count). The number of hydrogen-bond acceptors (Lipinski definition) is 6. The van der Waals surface area contributed by atoms with Crippen LogP contribution in [-0.2, 0) is 22.9 Å². The maximum atomic E-state index is 13.2. The fraction of sp³-hybridized carbons (Fsp3) is 0.708. The molecule has 0 N–H and O–H groups in total. The van der Waals surface area contributed by atoms with Crippen molar-refractivity contribution in [3.63, 3.8) is 0 Å². The molecule has 2 atom stereocenters. The van der Waals surface area contributed by atoms with E-state index in [2.05, 4.69) is 5.16 Å². The third-order valence-corrected chi connectivity index (χ3v) is 6.99. The van der Waals surface area contributed by atoms with Crippen LogP contribution in [-0.4, -0.2) is 38.6 Å². The van der Waals surface area contributed by atoms with Crippen molar-refractivity contribution in [2.75, 3.05) is 6.61 Å². The topological polar surface area (TPSA) is 88.5 Å². The van der Waals surface area contributed by atoms with E-state index < -0.39 is 6.10 Å². The van der Waals surface area contributed by atoms with E-state index in [-0.39, 0.29) is 41.2 Å². The summed E-state index contributed by atoms with van der Waals surface area (Å²) < 4.78 is 21.3. The highest BCUT2D eigenvalue weighted by Gasteiger charge is 2.39. The van der Waals surface area contributed by atoms with Crippen molar-refractivity contribution in [2.45, 2.75) is 97.0 Å². The van der Waals surface area contributed by atoms with Crippen molar-refractivity contribution >= 4 is 5.78 Å². The minimum Gasteiger partial charge on any atom is -0.367 e. The second-order valence-electron chi connectivity index (χ2n) is 9.96. The molecule has 2 aliphatic rings. The maximum Gasteiger partial charge on any atom is 0.270 e. The summed E-state index contributed by atoms with van der Waals surface area (Å²) >= 11 is 0. The molecule has 32 heavy (non-hydrogen) atoms. The zero-order valence-corrected chi connectivity index (χ0v) is 20.1. The summed E-state index contributed by atoms with van der Waals surface area (Å²) in [5.41, 5.74) is 1.84. The van der Waals surface area contributed by atoms with Crippen LogP contribution in [0, 0.1) is 13.8 Å². The number of ketones is 1. The van der Waals surface area contributed by atoms with Crippen LogP contribution in [0.5, 0.6) is 0 Å². The molecular weight excluding hydrogens is 410 g/mol. The Morgan fingerprint density at radius 1 is 1.19 bits per heavy atom. The number of ether oxygens (including phenoxy) is 2. The van der Waals surface area contributed by atoms with Gasteiger partial charge in [-0.3, -0.25) is 14.3 Å². The summed E-state index contributed by atoms with van der Waals surface area (Å²) in [4.78, 5) is 26.4. The molecular formula is C24H35N3O5. The van der Waals surface area contributed by atoms with Crippen molar-refractivity contribution in [2.24, 2.45) is 7.05 Å². The zero-order chi connectivity index (χ0) is 23.2. The first kappa shape index (κ1) is 23.0. The Labute approximate surface area is 188 Å². The van der Waals surface area contributed by atoms with Gasteiger partial charge in [0.05, 0.1) is 24.4 Å². The lowest BCUT2D eigenvalue weighted by Crippen LogP contribution is -2.43. The highest BCUT2D eigenvalue weighted by atomic mass is 16.6. The number of Topliss-reactive ketones (excluding diaryl/α,β-unsaturated/α-hetero) is 1. The van der Waals surface area contributed by atoms with Gasteiger partial charge in [-0.2, -0.15) is 0 Å². The van der Waals surface area contributed by atoms with E-state index >= 15 is 0 Å². The lowest BCUT2D eigenvalue weighted by molar-refractivity contribution is -0.219. The van der Waals surface area contributed by atoms with Crippen molar-refractivity contribution in [3.05, 3.63) is 38.6 Å². The zero-order valence-electron chi connectivity index (χ0n) is 20.1. The molecule has 0 spiro atoms. The Hall–Kier alpha value is -2.19. The van der Waals surface area contributed by atoms with Gasteiger partial charge in [0.1, 0.15) is 6.10 Å². The van der Waals surface area contributed by atoms with Crippen molar-refractivity contribution < 1.29 is 18.8 Å². The molecule has 176 valence electrons. The molecule has 0 bridgehead atoms. The van der Waals surface area contributed by atoms with Gasteiger partial charge in [0.15, 0.2) is 17.2 Å². The molecule has 1 aliphatic carbocycles. The predicted octanol–water partition coefficient (Wildman–Crippen LogP) is 3.98. The molecule has 0 aromatic carbocycles. The molecule has 1 aliphatic heterocycles. The van der Waals surface area contributed by atoms with E-state index in [0.717, 1.165) is 31.4 Å². The van der Waals surface area contributed by atoms with Gasteiger partial charge in [-0.25, -0.2) is 4.68 Å². The van der Waals surface area contributed by atoms with Crippen LogP contribution in [0.4, 0.5) is 0 Å².